The van der Waals surface area contributed by atoms with Gasteiger partial charge in [0.15, 0.2) is 0 Å². The van der Waals surface area contributed by atoms with Crippen LogP contribution in [0, 0.1) is 5.92 Å². The number of ether oxygens (including phenoxy) is 2. The number of benzene rings is 1. The molecule has 1 amide bonds. The van der Waals surface area contributed by atoms with Gasteiger partial charge in [0.05, 0.1) is 33.7 Å². The molecule has 1 aliphatic rings. The van der Waals surface area contributed by atoms with Crippen molar-refractivity contribution in [1.82, 2.24) is 4.90 Å². The Morgan fingerprint density at radius 3 is 2.52 bits per heavy atom. The molecule has 0 aromatic heterocycles. The Kier molecular flexibility index (Phi) is 4.42. The van der Waals surface area contributed by atoms with Gasteiger partial charge in [-0.05, 0) is 12.0 Å². The Morgan fingerprint density at radius 2 is 2.00 bits per heavy atom. The fourth-order valence-electron chi connectivity index (χ4n) is 2.43. The molecule has 1 saturated heterocycles. The van der Waals surface area contributed by atoms with E-state index in [4.69, 9.17) is 9.47 Å². The summed E-state index contributed by atoms with van der Waals surface area (Å²) in [5.41, 5.74) is 0.0860. The lowest BCUT2D eigenvalue weighted by molar-refractivity contribution is -0.163. The highest BCUT2D eigenvalue weighted by atomic mass is 16.5. The molecule has 1 aliphatic heterocycles. The molecule has 1 heterocycles. The van der Waals surface area contributed by atoms with Crippen molar-refractivity contribution in [3.63, 3.8) is 0 Å². The molecular weight excluding hydrogens is 270 g/mol. The van der Waals surface area contributed by atoms with Crippen LogP contribution in [0.25, 0.3) is 0 Å². The number of hydrogen-bond donors (Lipinski definition) is 1. The van der Waals surface area contributed by atoms with E-state index in [2.05, 4.69) is 0 Å². The zero-order valence-electron chi connectivity index (χ0n) is 13.0. The van der Waals surface area contributed by atoms with Crippen LogP contribution >= 0.6 is 0 Å². The van der Waals surface area contributed by atoms with Crippen molar-refractivity contribution in [2.45, 2.75) is 25.9 Å². The normalized spacial score (nSPS) is 16.6. The zero-order valence-corrected chi connectivity index (χ0v) is 13.0. The first-order valence-electron chi connectivity index (χ1n) is 7.10. The SMILES string of the molecule is COc1ccc(CC(=O)N2CC(O)(C(C)C)C2)c(OC)c1. The van der Waals surface area contributed by atoms with Crippen molar-refractivity contribution in [2.24, 2.45) is 5.92 Å². The zero-order chi connectivity index (χ0) is 15.6. The maximum Gasteiger partial charge on any atom is 0.227 e. The van der Waals surface area contributed by atoms with E-state index in [1.54, 1.807) is 25.2 Å². The predicted molar refractivity (Wildman–Crippen MR) is 79.6 cm³/mol. The summed E-state index contributed by atoms with van der Waals surface area (Å²) in [5, 5.41) is 10.2. The number of aliphatic hydroxyl groups is 1. The van der Waals surface area contributed by atoms with Gasteiger partial charge in [-0.15, -0.1) is 0 Å². The molecule has 1 fully saturated rings. The molecule has 0 aliphatic carbocycles. The molecule has 0 bridgehead atoms. The van der Waals surface area contributed by atoms with Gasteiger partial charge in [0.2, 0.25) is 5.91 Å². The van der Waals surface area contributed by atoms with Gasteiger partial charge in [0.1, 0.15) is 17.1 Å². The van der Waals surface area contributed by atoms with Crippen LogP contribution in [0.4, 0.5) is 0 Å². The number of rotatable bonds is 5. The molecule has 0 saturated carbocycles. The predicted octanol–water partition coefficient (Wildman–Crippen LogP) is 1.48. The molecule has 1 aromatic carbocycles. The lowest BCUT2D eigenvalue weighted by Gasteiger charge is -2.49. The van der Waals surface area contributed by atoms with Gasteiger partial charge in [0, 0.05) is 11.6 Å². The van der Waals surface area contributed by atoms with Crippen LogP contribution in [0.5, 0.6) is 11.5 Å². The summed E-state index contributed by atoms with van der Waals surface area (Å²) < 4.78 is 10.4. The summed E-state index contributed by atoms with van der Waals surface area (Å²) >= 11 is 0. The number of likely N-dealkylation sites (tertiary alicyclic amines) is 1. The second kappa shape index (κ2) is 5.93. The van der Waals surface area contributed by atoms with Crippen LogP contribution in [0.2, 0.25) is 0 Å². The second-order valence-corrected chi connectivity index (χ2v) is 5.86. The minimum Gasteiger partial charge on any atom is -0.497 e. The summed E-state index contributed by atoms with van der Waals surface area (Å²) in [6.45, 7) is 4.74. The number of hydrogen-bond acceptors (Lipinski definition) is 4. The average Bonchev–Trinajstić information content (AvgIpc) is 2.43. The van der Waals surface area contributed by atoms with Crippen molar-refractivity contribution in [1.29, 1.82) is 0 Å². The van der Waals surface area contributed by atoms with Gasteiger partial charge in [0.25, 0.3) is 0 Å². The first-order valence-corrected chi connectivity index (χ1v) is 7.10. The number of methoxy groups -OCH3 is 2. The summed E-state index contributed by atoms with van der Waals surface area (Å²) in [7, 11) is 3.16. The van der Waals surface area contributed by atoms with E-state index >= 15 is 0 Å². The molecule has 1 aromatic rings. The van der Waals surface area contributed by atoms with E-state index < -0.39 is 5.60 Å². The lowest BCUT2D eigenvalue weighted by atomic mass is 9.82. The number of amides is 1. The van der Waals surface area contributed by atoms with E-state index in [9.17, 15) is 9.90 Å². The fourth-order valence-corrected chi connectivity index (χ4v) is 2.43. The number of nitrogens with zero attached hydrogens (tertiary/aromatic N) is 1. The van der Waals surface area contributed by atoms with E-state index in [0.717, 1.165) is 5.56 Å². The smallest absolute Gasteiger partial charge is 0.227 e. The highest BCUT2D eigenvalue weighted by Gasteiger charge is 2.45. The van der Waals surface area contributed by atoms with Crippen LogP contribution in [0.3, 0.4) is 0 Å². The quantitative estimate of drug-likeness (QED) is 0.893. The Hall–Kier alpha value is -1.75. The molecule has 5 nitrogen and oxygen atoms in total. The van der Waals surface area contributed by atoms with Gasteiger partial charge < -0.3 is 19.5 Å². The van der Waals surface area contributed by atoms with Crippen molar-refractivity contribution in [3.05, 3.63) is 23.8 Å². The van der Waals surface area contributed by atoms with E-state index in [1.165, 1.54) is 0 Å². The highest BCUT2D eigenvalue weighted by molar-refractivity contribution is 5.80. The van der Waals surface area contributed by atoms with Crippen LogP contribution in [-0.2, 0) is 11.2 Å². The van der Waals surface area contributed by atoms with E-state index in [1.807, 2.05) is 26.0 Å². The van der Waals surface area contributed by atoms with Crippen LogP contribution < -0.4 is 9.47 Å². The molecule has 0 radical (unpaired) electrons. The average molecular weight is 293 g/mol. The molecule has 5 heteroatoms. The summed E-state index contributed by atoms with van der Waals surface area (Å²) in [4.78, 5) is 13.9. The largest absolute Gasteiger partial charge is 0.497 e. The lowest BCUT2D eigenvalue weighted by Crippen LogP contribution is -2.66. The van der Waals surface area contributed by atoms with E-state index in [-0.39, 0.29) is 18.2 Å². The van der Waals surface area contributed by atoms with Crippen molar-refractivity contribution in [3.8, 4) is 11.5 Å². The van der Waals surface area contributed by atoms with Crippen LogP contribution in [0.15, 0.2) is 18.2 Å². The van der Waals surface area contributed by atoms with Crippen molar-refractivity contribution in [2.75, 3.05) is 27.3 Å². The number of β-amino-alcohol motifs (C(OH)–C–C–N with tert-alkyl or cyclic N) is 1. The fraction of sp³-hybridized carbons (Fsp3) is 0.562. The third-order valence-corrected chi connectivity index (χ3v) is 4.19. The Bertz CT molecular complexity index is 521. The topological polar surface area (TPSA) is 59.0 Å². The van der Waals surface area contributed by atoms with Gasteiger partial charge in [-0.1, -0.05) is 19.9 Å². The first kappa shape index (κ1) is 15.6. The minimum absolute atomic E-state index is 0.00351. The van der Waals surface area contributed by atoms with E-state index in [0.29, 0.717) is 24.6 Å². The highest BCUT2D eigenvalue weighted by Crippen LogP contribution is 2.30. The molecule has 2 rings (SSSR count). The standard InChI is InChI=1S/C16H23NO4/c1-11(2)16(19)9-17(10-16)15(18)7-12-5-6-13(20-3)8-14(12)21-4/h5-6,8,11,19H,7,9-10H2,1-4H3. The summed E-state index contributed by atoms with van der Waals surface area (Å²) in [5.74, 6) is 1.49. The monoisotopic (exact) mass is 293 g/mol. The minimum atomic E-state index is -0.736. The van der Waals surface area contributed by atoms with Crippen LogP contribution in [-0.4, -0.2) is 48.8 Å². The Balaban J connectivity index is 2.01. The number of carbonyl (C=O) groups is 1. The summed E-state index contributed by atoms with van der Waals surface area (Å²) in [6.07, 6.45) is 0.265. The number of carbonyl (C=O) groups excluding carboxylic acids is 1. The van der Waals surface area contributed by atoms with Gasteiger partial charge in [-0.25, -0.2) is 0 Å². The Labute approximate surface area is 125 Å². The maximum absolute atomic E-state index is 12.3. The second-order valence-electron chi connectivity index (χ2n) is 5.86. The third-order valence-electron chi connectivity index (χ3n) is 4.19. The first-order chi connectivity index (χ1) is 9.89. The molecule has 0 atom stereocenters. The maximum atomic E-state index is 12.3. The summed E-state index contributed by atoms with van der Waals surface area (Å²) in [6, 6.07) is 5.42. The van der Waals surface area contributed by atoms with Gasteiger partial charge >= 0.3 is 0 Å². The molecule has 0 unspecified atom stereocenters. The molecule has 1 N–H and O–H groups in total. The van der Waals surface area contributed by atoms with Crippen LogP contribution in [0.1, 0.15) is 19.4 Å². The van der Waals surface area contributed by atoms with Crippen molar-refractivity contribution < 1.29 is 19.4 Å². The van der Waals surface area contributed by atoms with Crippen molar-refractivity contribution >= 4 is 5.91 Å². The molecule has 116 valence electrons. The molecule has 0 spiro atoms. The molecular formula is C16H23NO4. The van der Waals surface area contributed by atoms with Gasteiger partial charge in [-0.2, -0.15) is 0 Å². The molecule has 21 heavy (non-hydrogen) atoms. The van der Waals surface area contributed by atoms with Gasteiger partial charge in [-0.3, -0.25) is 4.79 Å². The Morgan fingerprint density at radius 1 is 1.33 bits per heavy atom. The third kappa shape index (κ3) is 3.13.